The van der Waals surface area contributed by atoms with E-state index in [0.717, 1.165) is 5.56 Å². The molecule has 0 unspecified atom stereocenters. The van der Waals surface area contributed by atoms with E-state index in [0.29, 0.717) is 50.4 Å². The molecule has 1 N–H and O–H groups in total. The van der Waals surface area contributed by atoms with Gasteiger partial charge in [-0.25, -0.2) is 8.42 Å². The first kappa shape index (κ1) is 18.6. The summed E-state index contributed by atoms with van der Waals surface area (Å²) in [4.78, 5) is 14.6. The van der Waals surface area contributed by atoms with Gasteiger partial charge in [0.2, 0.25) is 15.9 Å². The zero-order valence-corrected chi connectivity index (χ0v) is 15.9. The average Bonchev–Trinajstić information content (AvgIpc) is 2.82. The molecule has 1 aliphatic heterocycles. The second-order valence-electron chi connectivity index (χ2n) is 6.56. The van der Waals surface area contributed by atoms with E-state index in [4.69, 9.17) is 0 Å². The number of carbonyl (C=O) groups is 1. The number of hydrogen-bond donors (Lipinski definition) is 1. The summed E-state index contributed by atoms with van der Waals surface area (Å²) in [6, 6.07) is 9.60. The van der Waals surface area contributed by atoms with Crippen LogP contribution in [0, 0.1) is 13.8 Å². The van der Waals surface area contributed by atoms with Gasteiger partial charge in [-0.15, -0.1) is 0 Å². The monoisotopic (exact) mass is 376 g/mol. The van der Waals surface area contributed by atoms with Crippen LogP contribution in [0.4, 0.5) is 0 Å². The molecule has 0 saturated carbocycles. The normalized spacial score (nSPS) is 16.5. The van der Waals surface area contributed by atoms with Crippen molar-refractivity contribution in [3.63, 3.8) is 0 Å². The standard InChI is InChI=1S/C18H24N4O3S/c1-14-18(15(2)20-19-14)26(24,25)22-10-6-9-21(11-12-22)17(23)13-16-7-4-3-5-8-16/h3-5,7-8H,6,9-13H2,1-2H3,(H,19,20). The summed E-state index contributed by atoms with van der Waals surface area (Å²) in [5, 5.41) is 6.73. The molecule has 1 saturated heterocycles. The third-order valence-electron chi connectivity index (χ3n) is 4.66. The number of carbonyl (C=O) groups excluding carboxylic acids is 1. The molecule has 0 bridgehead atoms. The van der Waals surface area contributed by atoms with Crippen molar-refractivity contribution >= 4 is 15.9 Å². The number of benzene rings is 1. The van der Waals surface area contributed by atoms with Crippen LogP contribution in [0.5, 0.6) is 0 Å². The van der Waals surface area contributed by atoms with Crippen molar-refractivity contribution in [1.82, 2.24) is 19.4 Å². The van der Waals surface area contributed by atoms with Gasteiger partial charge < -0.3 is 4.90 Å². The molecule has 3 rings (SSSR count). The van der Waals surface area contributed by atoms with E-state index in [-0.39, 0.29) is 10.8 Å². The van der Waals surface area contributed by atoms with E-state index in [9.17, 15) is 13.2 Å². The summed E-state index contributed by atoms with van der Waals surface area (Å²) in [5.74, 6) is 0.0334. The molecule has 1 aromatic carbocycles. The van der Waals surface area contributed by atoms with Crippen LogP contribution in [0.3, 0.4) is 0 Å². The van der Waals surface area contributed by atoms with E-state index in [1.165, 1.54) is 4.31 Å². The summed E-state index contributed by atoms with van der Waals surface area (Å²) in [6.07, 6.45) is 0.962. The zero-order chi connectivity index (χ0) is 18.7. The highest BCUT2D eigenvalue weighted by Crippen LogP contribution is 2.23. The number of sulfonamides is 1. The molecule has 0 atom stereocenters. The molecule has 8 heteroatoms. The van der Waals surface area contributed by atoms with Crippen LogP contribution in [0.1, 0.15) is 23.4 Å². The van der Waals surface area contributed by atoms with Gasteiger partial charge in [0.05, 0.1) is 17.8 Å². The van der Waals surface area contributed by atoms with Gasteiger partial charge >= 0.3 is 0 Å². The predicted octanol–water partition coefficient (Wildman–Crippen LogP) is 1.49. The summed E-state index contributed by atoms with van der Waals surface area (Å²) < 4.78 is 27.4. The number of nitrogens with zero attached hydrogens (tertiary/aromatic N) is 3. The fourth-order valence-corrected chi connectivity index (χ4v) is 5.12. The molecule has 0 spiro atoms. The topological polar surface area (TPSA) is 86.4 Å². The Labute approximate surface area is 154 Å². The minimum absolute atomic E-state index is 0.0334. The lowest BCUT2D eigenvalue weighted by atomic mass is 10.1. The predicted molar refractivity (Wildman–Crippen MR) is 98.2 cm³/mol. The van der Waals surface area contributed by atoms with Gasteiger partial charge in [-0.2, -0.15) is 9.40 Å². The number of aromatic nitrogens is 2. The number of hydrogen-bond acceptors (Lipinski definition) is 4. The van der Waals surface area contributed by atoms with Gasteiger partial charge in [0.15, 0.2) is 0 Å². The SMILES string of the molecule is Cc1n[nH]c(C)c1S(=O)(=O)N1CCCN(C(=O)Cc2ccccc2)CC1. The van der Waals surface area contributed by atoms with Crippen LogP contribution in [0.25, 0.3) is 0 Å². The first-order valence-electron chi connectivity index (χ1n) is 8.73. The molecule has 0 aliphatic carbocycles. The number of amides is 1. The molecule has 1 aromatic heterocycles. The van der Waals surface area contributed by atoms with Crippen LogP contribution in [-0.4, -0.2) is 59.9 Å². The zero-order valence-electron chi connectivity index (χ0n) is 15.1. The van der Waals surface area contributed by atoms with Crippen molar-refractivity contribution < 1.29 is 13.2 Å². The molecule has 26 heavy (non-hydrogen) atoms. The lowest BCUT2D eigenvalue weighted by Gasteiger charge is -2.22. The molecule has 1 amide bonds. The largest absolute Gasteiger partial charge is 0.341 e. The maximum Gasteiger partial charge on any atom is 0.246 e. The fraction of sp³-hybridized carbons (Fsp3) is 0.444. The van der Waals surface area contributed by atoms with Crippen molar-refractivity contribution in [2.24, 2.45) is 0 Å². The summed E-state index contributed by atoms with van der Waals surface area (Å²) in [6.45, 7) is 5.07. The first-order valence-corrected chi connectivity index (χ1v) is 10.2. The van der Waals surface area contributed by atoms with E-state index in [2.05, 4.69) is 10.2 Å². The Morgan fingerprint density at radius 2 is 1.85 bits per heavy atom. The Kier molecular flexibility index (Phi) is 5.43. The van der Waals surface area contributed by atoms with Crippen LogP contribution in [0.2, 0.25) is 0 Å². The lowest BCUT2D eigenvalue weighted by Crippen LogP contribution is -2.38. The van der Waals surface area contributed by atoms with Gasteiger partial charge in [0.1, 0.15) is 4.90 Å². The summed E-state index contributed by atoms with van der Waals surface area (Å²) in [7, 11) is -3.61. The highest BCUT2D eigenvalue weighted by atomic mass is 32.2. The maximum atomic E-state index is 13.0. The number of aromatic amines is 1. The third kappa shape index (κ3) is 3.81. The van der Waals surface area contributed by atoms with Crippen molar-refractivity contribution in [2.75, 3.05) is 26.2 Å². The van der Waals surface area contributed by atoms with Gasteiger partial charge in [0.25, 0.3) is 0 Å². The fourth-order valence-electron chi connectivity index (χ4n) is 3.32. The molecular formula is C18H24N4O3S. The Morgan fingerprint density at radius 1 is 1.12 bits per heavy atom. The number of nitrogens with one attached hydrogen (secondary N) is 1. The van der Waals surface area contributed by atoms with Crippen LogP contribution in [0.15, 0.2) is 35.2 Å². The summed E-state index contributed by atoms with van der Waals surface area (Å²) in [5.41, 5.74) is 1.99. The van der Waals surface area contributed by atoms with Crippen LogP contribution >= 0.6 is 0 Å². The van der Waals surface area contributed by atoms with Gasteiger partial charge in [-0.3, -0.25) is 9.89 Å². The van der Waals surface area contributed by atoms with Gasteiger partial charge in [0, 0.05) is 26.2 Å². The van der Waals surface area contributed by atoms with Crippen molar-refractivity contribution in [3.8, 4) is 0 Å². The average molecular weight is 376 g/mol. The van der Waals surface area contributed by atoms with E-state index >= 15 is 0 Å². The molecule has 2 heterocycles. The lowest BCUT2D eigenvalue weighted by molar-refractivity contribution is -0.130. The van der Waals surface area contributed by atoms with Crippen molar-refractivity contribution in [3.05, 3.63) is 47.3 Å². The first-order chi connectivity index (χ1) is 12.4. The summed E-state index contributed by atoms with van der Waals surface area (Å²) >= 11 is 0. The Bertz CT molecular complexity index is 858. The molecular weight excluding hydrogens is 352 g/mol. The Morgan fingerprint density at radius 3 is 2.50 bits per heavy atom. The highest BCUT2D eigenvalue weighted by Gasteiger charge is 2.31. The molecule has 0 radical (unpaired) electrons. The minimum Gasteiger partial charge on any atom is -0.341 e. The van der Waals surface area contributed by atoms with E-state index in [1.807, 2.05) is 30.3 Å². The van der Waals surface area contributed by atoms with Gasteiger partial charge in [-0.1, -0.05) is 30.3 Å². The second-order valence-corrected chi connectivity index (χ2v) is 8.44. The number of rotatable bonds is 4. The Balaban J connectivity index is 1.69. The molecule has 140 valence electrons. The van der Waals surface area contributed by atoms with Gasteiger partial charge in [-0.05, 0) is 25.8 Å². The third-order valence-corrected chi connectivity index (χ3v) is 6.83. The molecule has 2 aromatic rings. The number of H-pyrrole nitrogens is 1. The van der Waals surface area contributed by atoms with Crippen molar-refractivity contribution in [2.45, 2.75) is 31.6 Å². The molecule has 1 fully saturated rings. The number of aryl methyl sites for hydroxylation is 2. The second kappa shape index (κ2) is 7.59. The molecule has 7 nitrogen and oxygen atoms in total. The van der Waals surface area contributed by atoms with E-state index < -0.39 is 10.0 Å². The quantitative estimate of drug-likeness (QED) is 0.876. The van der Waals surface area contributed by atoms with Crippen molar-refractivity contribution in [1.29, 1.82) is 0 Å². The van der Waals surface area contributed by atoms with Crippen LogP contribution < -0.4 is 0 Å². The maximum absolute atomic E-state index is 13.0. The van der Waals surface area contributed by atoms with Crippen LogP contribution in [-0.2, 0) is 21.2 Å². The van der Waals surface area contributed by atoms with E-state index in [1.54, 1.807) is 18.7 Å². The Hall–Kier alpha value is -2.19. The highest BCUT2D eigenvalue weighted by molar-refractivity contribution is 7.89. The smallest absolute Gasteiger partial charge is 0.246 e. The molecule has 1 aliphatic rings. The minimum atomic E-state index is -3.61.